The second-order valence-corrected chi connectivity index (χ2v) is 10.4. The molecule has 0 aromatic heterocycles. The number of carbonyl (C=O) groups excluding carboxylic acids is 4. The van der Waals surface area contributed by atoms with Crippen molar-refractivity contribution in [2.45, 2.75) is 29.0 Å². The summed E-state index contributed by atoms with van der Waals surface area (Å²) in [5.74, 6) is -2.66. The fourth-order valence-electron chi connectivity index (χ4n) is 4.88. The van der Waals surface area contributed by atoms with Crippen LogP contribution in [0.1, 0.15) is 13.3 Å². The molecule has 2 saturated carbocycles. The van der Waals surface area contributed by atoms with Gasteiger partial charge in [-0.25, -0.2) is 4.79 Å². The second-order valence-electron chi connectivity index (χ2n) is 7.89. The highest BCUT2D eigenvalue weighted by Crippen LogP contribution is 2.60. The molecule has 1 aromatic rings. The van der Waals surface area contributed by atoms with Crippen LogP contribution < -0.4 is 5.32 Å². The maximum absolute atomic E-state index is 13.0. The molecule has 7 nitrogen and oxygen atoms in total. The van der Waals surface area contributed by atoms with Gasteiger partial charge in [0.1, 0.15) is 6.04 Å². The van der Waals surface area contributed by atoms with E-state index in [2.05, 4.69) is 37.2 Å². The number of nitrogens with one attached hydrogen (secondary N) is 1. The Bertz CT molecular complexity index is 896. The first-order valence-corrected chi connectivity index (χ1v) is 11.8. The molecule has 0 radical (unpaired) electrons. The summed E-state index contributed by atoms with van der Waals surface area (Å²) in [5, 5.41) is 3.03. The van der Waals surface area contributed by atoms with Gasteiger partial charge in [0, 0.05) is 20.4 Å². The first-order valence-electron chi connectivity index (χ1n) is 9.57. The number of alkyl halides is 2. The lowest BCUT2D eigenvalue weighted by molar-refractivity contribution is -0.159. The van der Waals surface area contributed by atoms with Crippen molar-refractivity contribution in [1.29, 1.82) is 0 Å². The number of halogens is 3. The van der Waals surface area contributed by atoms with Gasteiger partial charge in [0.25, 0.3) is 5.91 Å². The predicted molar refractivity (Wildman–Crippen MR) is 116 cm³/mol. The number of fused-ring (bicyclic) bond motifs is 5. The van der Waals surface area contributed by atoms with E-state index in [0.29, 0.717) is 10.7 Å². The highest BCUT2D eigenvalue weighted by Gasteiger charge is 2.67. The van der Waals surface area contributed by atoms with Gasteiger partial charge in [0.2, 0.25) is 11.8 Å². The molecule has 1 aromatic carbocycles. The van der Waals surface area contributed by atoms with Crippen molar-refractivity contribution >= 4 is 72.8 Å². The van der Waals surface area contributed by atoms with Gasteiger partial charge < -0.3 is 10.1 Å². The largest absolute Gasteiger partial charge is 0.454 e. The smallest absolute Gasteiger partial charge is 0.329 e. The molecule has 2 aliphatic carbocycles. The van der Waals surface area contributed by atoms with E-state index in [0.717, 1.165) is 11.3 Å². The van der Waals surface area contributed by atoms with Gasteiger partial charge in [-0.3, -0.25) is 19.3 Å². The lowest BCUT2D eigenvalue weighted by Crippen LogP contribution is -2.45. The first kappa shape index (κ1) is 21.8. The maximum atomic E-state index is 13.0. The molecule has 30 heavy (non-hydrogen) atoms. The lowest BCUT2D eigenvalue weighted by atomic mass is 9.81. The van der Waals surface area contributed by atoms with E-state index in [4.69, 9.17) is 16.3 Å². The molecule has 10 heteroatoms. The summed E-state index contributed by atoms with van der Waals surface area (Å²) in [5.41, 5.74) is 0.471. The first-order chi connectivity index (χ1) is 14.2. The van der Waals surface area contributed by atoms with E-state index in [9.17, 15) is 19.2 Å². The minimum Gasteiger partial charge on any atom is -0.454 e. The Morgan fingerprint density at radius 3 is 2.37 bits per heavy atom. The predicted octanol–water partition coefficient (Wildman–Crippen LogP) is 2.99. The third-order valence-corrected chi connectivity index (χ3v) is 9.65. The molecule has 1 heterocycles. The van der Waals surface area contributed by atoms with Crippen LogP contribution >= 0.6 is 43.5 Å². The number of imide groups is 1. The number of benzene rings is 1. The summed E-state index contributed by atoms with van der Waals surface area (Å²) in [7, 11) is 0. The van der Waals surface area contributed by atoms with Gasteiger partial charge in [0.05, 0.1) is 11.8 Å². The standard InChI is InChI=1S/C20H19Br2ClN2O5/c1-8(20(29)30-7-13(26)24-10-4-2-3-9(23)5-10)25-18(27)14-11-6-12(15(14)19(25)28)17(22)16(11)21/h2-5,8,11-12,14-17H,6-7H2,1H3,(H,24,26)/t8-,11-,12-,14-,15-,16-,17+/m1/s1. The van der Waals surface area contributed by atoms with E-state index in [1.807, 2.05) is 0 Å². The molecule has 0 spiro atoms. The molecule has 2 bridgehead atoms. The average molecular weight is 563 g/mol. The molecule has 4 rings (SSSR count). The number of esters is 1. The number of anilines is 1. The number of nitrogens with zero attached hydrogens (tertiary/aromatic N) is 1. The Labute approximate surface area is 195 Å². The van der Waals surface area contributed by atoms with Gasteiger partial charge in [0.15, 0.2) is 6.61 Å². The quantitative estimate of drug-likeness (QED) is 0.339. The molecule has 1 saturated heterocycles. The summed E-state index contributed by atoms with van der Waals surface area (Å²) < 4.78 is 5.06. The van der Waals surface area contributed by atoms with E-state index >= 15 is 0 Å². The third-order valence-electron chi connectivity index (χ3n) is 6.20. The minimum absolute atomic E-state index is 0.0671. The fraction of sp³-hybridized carbons (Fsp3) is 0.500. The Morgan fingerprint density at radius 2 is 1.80 bits per heavy atom. The normalized spacial score (nSPS) is 32.9. The van der Waals surface area contributed by atoms with Crippen molar-refractivity contribution < 1.29 is 23.9 Å². The number of amides is 3. The molecule has 0 unspecified atom stereocenters. The summed E-state index contributed by atoms with van der Waals surface area (Å²) in [6.45, 7) is 0.921. The number of ether oxygens (including phenoxy) is 1. The Hall–Kier alpha value is -1.45. The summed E-state index contributed by atoms with van der Waals surface area (Å²) in [6, 6.07) is 5.47. The lowest BCUT2D eigenvalue weighted by Gasteiger charge is -2.28. The summed E-state index contributed by atoms with van der Waals surface area (Å²) in [4.78, 5) is 51.7. The topological polar surface area (TPSA) is 92.8 Å². The molecular weight excluding hydrogens is 543 g/mol. The number of carbonyl (C=O) groups is 4. The molecule has 160 valence electrons. The third kappa shape index (κ3) is 3.58. The van der Waals surface area contributed by atoms with Crippen LogP contribution in [0.4, 0.5) is 5.69 Å². The highest BCUT2D eigenvalue weighted by molar-refractivity contribution is 9.12. The van der Waals surface area contributed by atoms with Crippen molar-refractivity contribution in [2.24, 2.45) is 23.7 Å². The number of hydrogen-bond donors (Lipinski definition) is 1. The van der Waals surface area contributed by atoms with E-state index in [-0.39, 0.29) is 33.3 Å². The van der Waals surface area contributed by atoms with Gasteiger partial charge in [-0.05, 0) is 43.4 Å². The Kier molecular flexibility index (Phi) is 5.98. The van der Waals surface area contributed by atoms with Crippen molar-refractivity contribution in [1.82, 2.24) is 4.90 Å². The zero-order valence-electron chi connectivity index (χ0n) is 15.9. The van der Waals surface area contributed by atoms with Crippen LogP contribution in [-0.4, -0.2) is 50.9 Å². The molecule has 1 aliphatic heterocycles. The summed E-state index contributed by atoms with van der Waals surface area (Å²) >= 11 is 13.1. The molecule has 7 atom stereocenters. The zero-order valence-corrected chi connectivity index (χ0v) is 19.8. The van der Waals surface area contributed by atoms with Crippen LogP contribution in [0.5, 0.6) is 0 Å². The molecule has 3 aliphatic rings. The molecule has 3 amide bonds. The zero-order chi connectivity index (χ0) is 21.7. The van der Waals surface area contributed by atoms with Crippen molar-refractivity contribution in [3.05, 3.63) is 29.3 Å². The van der Waals surface area contributed by atoms with Gasteiger partial charge >= 0.3 is 5.97 Å². The van der Waals surface area contributed by atoms with Gasteiger partial charge in [-0.1, -0.05) is 49.5 Å². The van der Waals surface area contributed by atoms with Crippen LogP contribution in [0.2, 0.25) is 5.02 Å². The van der Waals surface area contributed by atoms with Crippen LogP contribution in [0.3, 0.4) is 0 Å². The minimum atomic E-state index is -1.09. The van der Waals surface area contributed by atoms with Crippen LogP contribution in [-0.2, 0) is 23.9 Å². The van der Waals surface area contributed by atoms with Crippen LogP contribution in [0.25, 0.3) is 0 Å². The van der Waals surface area contributed by atoms with Crippen molar-refractivity contribution in [3.63, 3.8) is 0 Å². The summed E-state index contributed by atoms with van der Waals surface area (Å²) in [6.07, 6.45) is 0.814. The Balaban J connectivity index is 1.37. The van der Waals surface area contributed by atoms with Crippen LogP contribution in [0.15, 0.2) is 24.3 Å². The van der Waals surface area contributed by atoms with Gasteiger partial charge in [-0.15, -0.1) is 0 Å². The Morgan fingerprint density at radius 1 is 1.20 bits per heavy atom. The van der Waals surface area contributed by atoms with Gasteiger partial charge in [-0.2, -0.15) is 0 Å². The molecule has 1 N–H and O–H groups in total. The van der Waals surface area contributed by atoms with E-state index in [1.165, 1.54) is 6.92 Å². The highest BCUT2D eigenvalue weighted by atomic mass is 79.9. The molecule has 3 fully saturated rings. The number of rotatable bonds is 5. The van der Waals surface area contributed by atoms with E-state index in [1.54, 1.807) is 24.3 Å². The second kappa shape index (κ2) is 8.24. The average Bonchev–Trinajstić information content (AvgIpc) is 3.30. The maximum Gasteiger partial charge on any atom is 0.329 e. The SMILES string of the molecule is C[C@H](C(=O)OCC(=O)Nc1cccc(Cl)c1)N1C(=O)[C@@H]2[C@H]3C[C@@H]([C@@H](Br)[C@H]3Br)[C@H]2C1=O. The fourth-order valence-corrected chi connectivity index (χ4v) is 6.94. The number of hydrogen-bond acceptors (Lipinski definition) is 5. The van der Waals surface area contributed by atoms with E-state index < -0.39 is 36.4 Å². The monoisotopic (exact) mass is 560 g/mol. The molecular formula is C20H19Br2ClN2O5. The van der Waals surface area contributed by atoms with Crippen molar-refractivity contribution in [2.75, 3.05) is 11.9 Å². The number of likely N-dealkylation sites (tertiary alicyclic amines) is 1. The van der Waals surface area contributed by atoms with Crippen molar-refractivity contribution in [3.8, 4) is 0 Å². The van der Waals surface area contributed by atoms with Crippen LogP contribution in [0, 0.1) is 23.7 Å².